The Morgan fingerprint density at radius 1 is 0.882 bits per heavy atom. The highest BCUT2D eigenvalue weighted by Gasteiger charge is 2.45. The predicted octanol–water partition coefficient (Wildman–Crippen LogP) is -3.48. The van der Waals surface area contributed by atoms with E-state index >= 15 is 0 Å². The lowest BCUT2D eigenvalue weighted by atomic mass is 9.99. The summed E-state index contributed by atoms with van der Waals surface area (Å²) >= 11 is 0. The Balaban J connectivity index is 1.87. The maximum absolute atomic E-state index is 9.58. The van der Waals surface area contributed by atoms with Crippen molar-refractivity contribution in [3.8, 4) is 0 Å². The first-order chi connectivity index (χ1) is 8.04. The lowest BCUT2D eigenvalue weighted by molar-refractivity contribution is -0.301. The molecule has 0 aliphatic carbocycles. The zero-order chi connectivity index (χ0) is 12.6. The number of aliphatic hydroxyl groups is 5. The normalized spacial score (nSPS) is 50.3. The Labute approximate surface area is 97.0 Å². The van der Waals surface area contributed by atoms with Gasteiger partial charge in [-0.1, -0.05) is 0 Å². The van der Waals surface area contributed by atoms with E-state index in [1.807, 2.05) is 0 Å². The molecule has 8 nitrogen and oxygen atoms in total. The van der Waals surface area contributed by atoms with Crippen LogP contribution >= 0.6 is 0 Å². The monoisotopic (exact) mass is 252 g/mol. The number of hydrogen-bond donors (Lipinski definition) is 5. The van der Waals surface area contributed by atoms with Gasteiger partial charge in [-0.25, -0.2) is 0 Å². The summed E-state index contributed by atoms with van der Waals surface area (Å²) in [5, 5.41) is 46.3. The van der Waals surface area contributed by atoms with E-state index in [1.165, 1.54) is 0 Å². The lowest BCUT2D eigenvalue weighted by Gasteiger charge is -2.39. The van der Waals surface area contributed by atoms with Crippen LogP contribution in [0.1, 0.15) is 0 Å². The van der Waals surface area contributed by atoms with Crippen molar-refractivity contribution in [2.75, 3.05) is 13.2 Å². The molecule has 0 unspecified atom stereocenters. The molecule has 2 fully saturated rings. The van der Waals surface area contributed by atoms with E-state index in [0.717, 1.165) is 0 Å². The minimum Gasteiger partial charge on any atom is -0.394 e. The molecule has 0 saturated carbocycles. The summed E-state index contributed by atoms with van der Waals surface area (Å²) < 4.78 is 14.9. The van der Waals surface area contributed by atoms with Crippen molar-refractivity contribution in [2.24, 2.45) is 0 Å². The summed E-state index contributed by atoms with van der Waals surface area (Å²) in [5.74, 6) is 0. The molecule has 0 aromatic carbocycles. The van der Waals surface area contributed by atoms with Crippen LogP contribution in [-0.2, 0) is 14.2 Å². The van der Waals surface area contributed by atoms with E-state index in [0.29, 0.717) is 0 Å². The van der Waals surface area contributed by atoms with Gasteiger partial charge in [0, 0.05) is 0 Å². The number of hydrogen-bond acceptors (Lipinski definition) is 8. The Kier molecular flexibility index (Phi) is 3.95. The van der Waals surface area contributed by atoms with Gasteiger partial charge in [-0.15, -0.1) is 0 Å². The van der Waals surface area contributed by atoms with E-state index in [9.17, 15) is 15.3 Å². The third-order valence-corrected chi connectivity index (χ3v) is 2.83. The molecule has 2 aliphatic rings. The van der Waals surface area contributed by atoms with Crippen molar-refractivity contribution in [1.82, 2.24) is 0 Å². The van der Waals surface area contributed by atoms with Gasteiger partial charge in [-0.2, -0.15) is 0 Å². The van der Waals surface area contributed by atoms with Crippen LogP contribution < -0.4 is 0 Å². The van der Waals surface area contributed by atoms with Crippen LogP contribution in [0, 0.1) is 0 Å². The van der Waals surface area contributed by atoms with Gasteiger partial charge in [0.25, 0.3) is 0 Å². The number of ether oxygens (including phenoxy) is 3. The molecule has 5 N–H and O–H groups in total. The molecule has 0 aromatic heterocycles. The molecule has 0 spiro atoms. The second kappa shape index (κ2) is 5.12. The topological polar surface area (TPSA) is 132 Å². The van der Waals surface area contributed by atoms with Crippen LogP contribution in [0.15, 0.2) is 0 Å². The number of rotatable bonds is 4. The maximum atomic E-state index is 9.58. The molecule has 2 aliphatic heterocycles. The van der Waals surface area contributed by atoms with Crippen molar-refractivity contribution in [3.63, 3.8) is 0 Å². The van der Waals surface area contributed by atoms with Crippen LogP contribution in [0.3, 0.4) is 0 Å². The minimum atomic E-state index is -1.46. The average Bonchev–Trinajstić information content (AvgIpc) is 3.02. The zero-order valence-corrected chi connectivity index (χ0v) is 8.92. The van der Waals surface area contributed by atoms with E-state index in [2.05, 4.69) is 4.74 Å². The fourth-order valence-corrected chi connectivity index (χ4v) is 1.65. The van der Waals surface area contributed by atoms with Gasteiger partial charge in [0.05, 0.1) is 13.2 Å². The quantitative estimate of drug-likeness (QED) is 0.326. The van der Waals surface area contributed by atoms with E-state index < -0.39 is 49.7 Å². The largest absolute Gasteiger partial charge is 0.394 e. The van der Waals surface area contributed by atoms with Crippen molar-refractivity contribution in [2.45, 2.75) is 43.1 Å². The van der Waals surface area contributed by atoms with Crippen LogP contribution in [-0.4, -0.2) is 81.8 Å². The summed E-state index contributed by atoms with van der Waals surface area (Å²) in [6.07, 6.45) is -7.81. The molecule has 2 rings (SSSR count). The van der Waals surface area contributed by atoms with Crippen molar-refractivity contribution in [3.05, 3.63) is 0 Å². The fourth-order valence-electron chi connectivity index (χ4n) is 1.65. The molecule has 0 aromatic rings. The molecule has 7 atom stereocenters. The SMILES string of the molecule is OC[C@H]1O[C@H](OC[C@@H]2O[C@H]2O)[C@H](O)[C@@H](O)[C@@H]1O. The molecule has 8 heteroatoms. The molecule has 100 valence electrons. The van der Waals surface area contributed by atoms with Gasteiger partial charge in [-0.3, -0.25) is 0 Å². The first-order valence-corrected chi connectivity index (χ1v) is 5.30. The van der Waals surface area contributed by atoms with Gasteiger partial charge in [0.2, 0.25) is 0 Å². The number of epoxide rings is 1. The second-order valence-electron chi connectivity index (χ2n) is 4.10. The third-order valence-electron chi connectivity index (χ3n) is 2.83. The molecule has 0 bridgehead atoms. The number of aliphatic hydroxyl groups excluding tert-OH is 5. The molecule has 2 saturated heterocycles. The van der Waals surface area contributed by atoms with E-state index in [4.69, 9.17) is 19.7 Å². The summed E-state index contributed by atoms with van der Waals surface area (Å²) in [4.78, 5) is 0. The van der Waals surface area contributed by atoms with Crippen molar-refractivity contribution >= 4 is 0 Å². The van der Waals surface area contributed by atoms with E-state index in [-0.39, 0.29) is 6.61 Å². The first-order valence-electron chi connectivity index (χ1n) is 5.30. The molecule has 17 heavy (non-hydrogen) atoms. The Morgan fingerprint density at radius 3 is 2.06 bits per heavy atom. The van der Waals surface area contributed by atoms with Gasteiger partial charge in [0.1, 0.15) is 30.5 Å². The summed E-state index contributed by atoms with van der Waals surface area (Å²) in [7, 11) is 0. The Hall–Kier alpha value is -0.320. The van der Waals surface area contributed by atoms with Crippen LogP contribution in [0.5, 0.6) is 0 Å². The zero-order valence-electron chi connectivity index (χ0n) is 8.92. The lowest BCUT2D eigenvalue weighted by Crippen LogP contribution is -2.59. The fraction of sp³-hybridized carbons (Fsp3) is 1.00. The van der Waals surface area contributed by atoms with Gasteiger partial charge < -0.3 is 39.7 Å². The summed E-state index contributed by atoms with van der Waals surface area (Å²) in [6.45, 7) is -0.517. The Morgan fingerprint density at radius 2 is 1.53 bits per heavy atom. The highest BCUT2D eigenvalue weighted by molar-refractivity contribution is 4.89. The van der Waals surface area contributed by atoms with Gasteiger partial charge in [-0.05, 0) is 0 Å². The average molecular weight is 252 g/mol. The molecular formula is C9H16O8. The third kappa shape index (κ3) is 2.75. The maximum Gasteiger partial charge on any atom is 0.186 e. The molecule has 0 radical (unpaired) electrons. The van der Waals surface area contributed by atoms with Crippen LogP contribution in [0.25, 0.3) is 0 Å². The summed E-state index contributed by atoms with van der Waals surface area (Å²) in [5.41, 5.74) is 0. The van der Waals surface area contributed by atoms with Crippen molar-refractivity contribution in [1.29, 1.82) is 0 Å². The Bertz CT molecular complexity index is 259. The minimum absolute atomic E-state index is 0.0101. The molecule has 0 amide bonds. The molecular weight excluding hydrogens is 236 g/mol. The van der Waals surface area contributed by atoms with Crippen molar-refractivity contribution < 1.29 is 39.7 Å². The van der Waals surface area contributed by atoms with Gasteiger partial charge in [0.15, 0.2) is 12.6 Å². The van der Waals surface area contributed by atoms with Crippen LogP contribution in [0.4, 0.5) is 0 Å². The predicted molar refractivity (Wildman–Crippen MR) is 50.6 cm³/mol. The second-order valence-corrected chi connectivity index (χ2v) is 4.10. The van der Waals surface area contributed by atoms with Gasteiger partial charge >= 0.3 is 0 Å². The highest BCUT2D eigenvalue weighted by Crippen LogP contribution is 2.24. The molecule has 2 heterocycles. The summed E-state index contributed by atoms with van der Waals surface area (Å²) in [6, 6.07) is 0. The first kappa shape index (κ1) is 13.1. The van der Waals surface area contributed by atoms with Crippen LogP contribution in [0.2, 0.25) is 0 Å². The standard InChI is InChI=1S/C9H16O8/c10-1-3-5(11)6(12)7(13)9(17-3)15-2-4-8(14)16-4/h3-14H,1-2H2/t3-,4+,5-,6+,7-,8-,9+/m1/s1. The highest BCUT2D eigenvalue weighted by atomic mass is 16.7. The smallest absolute Gasteiger partial charge is 0.186 e. The van der Waals surface area contributed by atoms with E-state index in [1.54, 1.807) is 0 Å².